The van der Waals surface area contributed by atoms with Gasteiger partial charge in [0, 0.05) is 6.42 Å². The highest BCUT2D eigenvalue weighted by Gasteiger charge is 2.27. The molecule has 0 aromatic rings. The van der Waals surface area contributed by atoms with E-state index in [2.05, 4.69) is 55.6 Å². The smallest absolute Gasteiger partial charge is 0.387 e. The Morgan fingerprint density at radius 2 is 0.921 bits per heavy atom. The zero-order valence-corrected chi connectivity index (χ0v) is 43.0. The Labute approximate surface area is 390 Å². The predicted molar refractivity (Wildman–Crippen MR) is 272 cm³/mol. The normalized spacial score (nSPS) is 14.5. The molecule has 3 unspecified atom stereocenters. The molecule has 0 aromatic carbocycles. The lowest BCUT2D eigenvalue weighted by molar-refractivity contribution is -0.870. The highest BCUT2D eigenvalue weighted by molar-refractivity contribution is 7.47. The largest absolute Gasteiger partial charge is 0.472 e. The molecular formula is C54H104N2O6P+. The Balaban J connectivity index is 4.22. The van der Waals surface area contributed by atoms with Crippen LogP contribution in [0.5, 0.6) is 0 Å². The van der Waals surface area contributed by atoms with Gasteiger partial charge in [-0.3, -0.25) is 13.8 Å². The number of carbonyl (C=O) groups is 1. The van der Waals surface area contributed by atoms with E-state index < -0.39 is 20.0 Å². The predicted octanol–water partition coefficient (Wildman–Crippen LogP) is 15.6. The molecule has 0 aliphatic rings. The van der Waals surface area contributed by atoms with Gasteiger partial charge in [0.1, 0.15) is 13.2 Å². The van der Waals surface area contributed by atoms with Crippen LogP contribution in [0.2, 0.25) is 0 Å². The molecule has 0 aromatic heterocycles. The number of nitrogens with one attached hydrogen (secondary N) is 1. The summed E-state index contributed by atoms with van der Waals surface area (Å²) in [6, 6.07) is -0.864. The van der Waals surface area contributed by atoms with Crippen molar-refractivity contribution in [1.29, 1.82) is 0 Å². The molecule has 3 atom stereocenters. The number of quaternary nitrogens is 1. The second-order valence-corrected chi connectivity index (χ2v) is 20.7. The summed E-state index contributed by atoms with van der Waals surface area (Å²) in [4.78, 5) is 23.2. The molecular weight excluding hydrogens is 804 g/mol. The summed E-state index contributed by atoms with van der Waals surface area (Å²) in [5.74, 6) is -0.189. The number of allylic oxidation sites excluding steroid dienone is 7. The molecule has 370 valence electrons. The zero-order chi connectivity index (χ0) is 46.4. The van der Waals surface area contributed by atoms with Crippen molar-refractivity contribution >= 4 is 13.7 Å². The van der Waals surface area contributed by atoms with Crippen LogP contribution in [0.25, 0.3) is 0 Å². The van der Waals surface area contributed by atoms with Crippen molar-refractivity contribution in [3.05, 3.63) is 48.6 Å². The molecule has 8 nitrogen and oxygen atoms in total. The molecule has 0 rings (SSSR count). The van der Waals surface area contributed by atoms with Gasteiger partial charge in [-0.15, -0.1) is 0 Å². The third kappa shape index (κ3) is 48.2. The van der Waals surface area contributed by atoms with E-state index in [1.807, 2.05) is 27.2 Å². The van der Waals surface area contributed by atoms with Gasteiger partial charge in [-0.05, 0) is 64.2 Å². The number of unbranched alkanes of at least 4 members (excludes halogenated alkanes) is 29. The van der Waals surface area contributed by atoms with E-state index in [1.165, 1.54) is 173 Å². The van der Waals surface area contributed by atoms with Gasteiger partial charge in [0.2, 0.25) is 5.91 Å². The van der Waals surface area contributed by atoms with Gasteiger partial charge in [0.25, 0.3) is 0 Å². The number of phosphoric ester groups is 1. The molecule has 0 saturated heterocycles. The van der Waals surface area contributed by atoms with Crippen molar-refractivity contribution in [2.24, 2.45) is 0 Å². The number of hydrogen-bond donors (Lipinski definition) is 3. The van der Waals surface area contributed by atoms with Gasteiger partial charge in [0.15, 0.2) is 0 Å². The minimum Gasteiger partial charge on any atom is -0.387 e. The Hall–Kier alpha value is -1.54. The summed E-state index contributed by atoms with van der Waals surface area (Å²) >= 11 is 0. The van der Waals surface area contributed by atoms with Crippen molar-refractivity contribution in [3.63, 3.8) is 0 Å². The van der Waals surface area contributed by atoms with Crippen LogP contribution in [0, 0.1) is 0 Å². The second-order valence-electron chi connectivity index (χ2n) is 19.2. The van der Waals surface area contributed by atoms with Crippen LogP contribution in [0.4, 0.5) is 0 Å². The topological polar surface area (TPSA) is 105 Å². The van der Waals surface area contributed by atoms with Gasteiger partial charge in [-0.25, -0.2) is 4.57 Å². The van der Waals surface area contributed by atoms with Crippen LogP contribution in [0.3, 0.4) is 0 Å². The molecule has 0 aliphatic heterocycles. The van der Waals surface area contributed by atoms with Crippen molar-refractivity contribution in [1.82, 2.24) is 5.32 Å². The van der Waals surface area contributed by atoms with Gasteiger partial charge < -0.3 is 19.8 Å². The van der Waals surface area contributed by atoms with Crippen LogP contribution in [-0.2, 0) is 18.4 Å². The van der Waals surface area contributed by atoms with Crippen LogP contribution in [0.1, 0.15) is 239 Å². The minimum absolute atomic E-state index is 0.0550. The van der Waals surface area contributed by atoms with E-state index >= 15 is 0 Å². The number of amides is 1. The Morgan fingerprint density at radius 3 is 1.37 bits per heavy atom. The maximum absolute atomic E-state index is 12.9. The van der Waals surface area contributed by atoms with Crippen LogP contribution in [-0.4, -0.2) is 73.4 Å². The molecule has 0 bridgehead atoms. The number of aliphatic hydroxyl groups excluding tert-OH is 1. The molecule has 1 amide bonds. The molecule has 0 saturated carbocycles. The van der Waals surface area contributed by atoms with Crippen molar-refractivity contribution in [2.45, 2.75) is 251 Å². The van der Waals surface area contributed by atoms with Crippen molar-refractivity contribution < 1.29 is 32.9 Å². The van der Waals surface area contributed by atoms with Gasteiger partial charge in [-0.2, -0.15) is 0 Å². The first-order chi connectivity index (χ1) is 30.5. The number of nitrogens with zero attached hydrogens (tertiary/aromatic N) is 1. The van der Waals surface area contributed by atoms with Crippen LogP contribution < -0.4 is 5.32 Å². The van der Waals surface area contributed by atoms with Gasteiger partial charge >= 0.3 is 7.82 Å². The maximum Gasteiger partial charge on any atom is 0.472 e. The summed E-state index contributed by atoms with van der Waals surface area (Å²) < 4.78 is 23.6. The van der Waals surface area contributed by atoms with E-state index in [-0.39, 0.29) is 19.1 Å². The summed E-state index contributed by atoms with van der Waals surface area (Å²) in [6.07, 6.45) is 59.2. The highest BCUT2D eigenvalue weighted by atomic mass is 31.2. The fraction of sp³-hybridized carbons (Fsp3) is 0.833. The molecule has 0 aliphatic carbocycles. The number of aliphatic hydroxyl groups is 1. The maximum atomic E-state index is 12.9. The van der Waals surface area contributed by atoms with Crippen molar-refractivity contribution in [3.8, 4) is 0 Å². The molecule has 0 spiro atoms. The summed E-state index contributed by atoms with van der Waals surface area (Å²) in [7, 11) is 1.55. The zero-order valence-electron chi connectivity index (χ0n) is 42.1. The van der Waals surface area contributed by atoms with Gasteiger partial charge in [-0.1, -0.05) is 217 Å². The van der Waals surface area contributed by atoms with Crippen molar-refractivity contribution in [2.75, 3.05) is 40.9 Å². The Kier molecular flexibility index (Phi) is 44.5. The average molecular weight is 908 g/mol. The van der Waals surface area contributed by atoms with E-state index in [0.29, 0.717) is 17.4 Å². The lowest BCUT2D eigenvalue weighted by atomic mass is 10.0. The van der Waals surface area contributed by atoms with E-state index in [0.717, 1.165) is 44.9 Å². The Morgan fingerprint density at radius 1 is 0.540 bits per heavy atom. The van der Waals surface area contributed by atoms with Crippen LogP contribution in [0.15, 0.2) is 48.6 Å². The number of rotatable bonds is 48. The van der Waals surface area contributed by atoms with E-state index in [4.69, 9.17) is 9.05 Å². The summed E-state index contributed by atoms with van der Waals surface area (Å²) in [5, 5.41) is 13.8. The molecule has 0 heterocycles. The third-order valence-corrected chi connectivity index (χ3v) is 12.8. The first kappa shape index (κ1) is 61.5. The van der Waals surface area contributed by atoms with E-state index in [9.17, 15) is 19.4 Å². The molecule has 9 heteroatoms. The fourth-order valence-corrected chi connectivity index (χ4v) is 8.29. The SMILES string of the molecule is CCCCCCCCCC/C=C/CC/C=C/C(O)C(COP(=O)(O)OCC[N+](C)(C)C)NC(=O)CCCCCCCCCCCCC/C=C\C/C=C\CCCCCCCCCCC. The third-order valence-electron chi connectivity index (χ3n) is 11.8. The average Bonchev–Trinajstić information content (AvgIpc) is 3.24. The quantitative estimate of drug-likeness (QED) is 0.0243. The summed E-state index contributed by atoms with van der Waals surface area (Å²) in [5.41, 5.74) is 0. The monoisotopic (exact) mass is 908 g/mol. The van der Waals surface area contributed by atoms with Gasteiger partial charge in [0.05, 0.1) is 39.9 Å². The number of hydrogen-bond acceptors (Lipinski definition) is 5. The standard InChI is InChI=1S/C54H103N2O6P/c1-6-8-10-12-14-16-18-20-22-23-24-25-26-27-28-29-30-31-32-33-34-36-38-40-42-44-46-48-54(58)55-52(51-62-63(59,60)61-50-49-56(3,4)5)53(57)47-45-43-41-39-37-35-21-19-17-15-13-11-9-7-2/h24-25,27-28,37,39,45,47,52-53,57H,6-23,26,29-36,38,40-44,46,48-51H2,1-5H3,(H-,55,58,59,60)/p+1/b25-24-,28-27-,39-37+,47-45+. The first-order valence-electron chi connectivity index (χ1n) is 26.5. The number of phosphoric acid groups is 1. The molecule has 0 radical (unpaired) electrons. The second kappa shape index (κ2) is 45.6. The molecule has 63 heavy (non-hydrogen) atoms. The Bertz CT molecular complexity index is 1170. The first-order valence-corrected chi connectivity index (χ1v) is 28.0. The highest BCUT2D eigenvalue weighted by Crippen LogP contribution is 2.43. The molecule has 3 N–H and O–H groups in total. The minimum atomic E-state index is -4.35. The van der Waals surface area contributed by atoms with E-state index in [1.54, 1.807) is 6.08 Å². The fourth-order valence-electron chi connectivity index (χ4n) is 7.56. The van der Waals surface area contributed by atoms with Crippen LogP contribution >= 0.6 is 7.82 Å². The summed E-state index contributed by atoms with van der Waals surface area (Å²) in [6.45, 7) is 4.79. The molecule has 0 fully saturated rings. The lowest BCUT2D eigenvalue weighted by Crippen LogP contribution is -2.45. The number of carbonyl (C=O) groups excluding carboxylic acids is 1. The number of likely N-dealkylation sites (N-methyl/N-ethyl adjacent to an activating group) is 1. The lowest BCUT2D eigenvalue weighted by Gasteiger charge is -2.25.